The van der Waals surface area contributed by atoms with E-state index in [4.69, 9.17) is 0 Å². The van der Waals surface area contributed by atoms with Gasteiger partial charge in [-0.1, -0.05) is 29.8 Å². The molecule has 2 rings (SSSR count). The van der Waals surface area contributed by atoms with Crippen molar-refractivity contribution >= 4 is 28.4 Å². The first-order valence-electron chi connectivity index (χ1n) is 5.69. The summed E-state index contributed by atoms with van der Waals surface area (Å²) in [5.74, 6) is 0.645. The fourth-order valence-electron chi connectivity index (χ4n) is 1.70. The number of benzene rings is 1. The molecule has 0 bridgehead atoms. The SMILES string of the molecule is Cc1cccc(CCNc2nc[nH]c(=O)c2I)c1. The van der Waals surface area contributed by atoms with E-state index in [9.17, 15) is 4.79 Å². The molecule has 0 aliphatic carbocycles. The first-order valence-corrected chi connectivity index (χ1v) is 6.77. The van der Waals surface area contributed by atoms with Crippen LogP contribution in [0.25, 0.3) is 0 Å². The Hall–Kier alpha value is -1.37. The number of anilines is 1. The Bertz CT molecular complexity index is 595. The van der Waals surface area contributed by atoms with Crippen molar-refractivity contribution in [1.82, 2.24) is 9.97 Å². The molecule has 2 aromatic rings. The van der Waals surface area contributed by atoms with E-state index in [2.05, 4.69) is 46.5 Å². The molecule has 0 atom stereocenters. The lowest BCUT2D eigenvalue weighted by Crippen LogP contribution is -2.16. The molecule has 1 aromatic heterocycles. The number of halogens is 1. The number of hydrogen-bond acceptors (Lipinski definition) is 3. The number of aromatic amines is 1. The molecule has 1 heterocycles. The number of nitrogens with one attached hydrogen (secondary N) is 2. The Morgan fingerprint density at radius 2 is 2.28 bits per heavy atom. The second-order valence-corrected chi connectivity index (χ2v) is 5.14. The normalized spacial score (nSPS) is 10.3. The molecule has 0 aliphatic rings. The molecule has 18 heavy (non-hydrogen) atoms. The number of aryl methyl sites for hydroxylation is 1. The zero-order valence-electron chi connectivity index (χ0n) is 10.0. The number of hydrogen-bond donors (Lipinski definition) is 2. The van der Waals surface area contributed by atoms with Gasteiger partial charge in [-0.25, -0.2) is 4.98 Å². The molecule has 94 valence electrons. The van der Waals surface area contributed by atoms with Crippen LogP contribution in [0.1, 0.15) is 11.1 Å². The largest absolute Gasteiger partial charge is 0.369 e. The molecule has 0 spiro atoms. The molecule has 0 amide bonds. The third-order valence-corrected chi connectivity index (χ3v) is 3.59. The van der Waals surface area contributed by atoms with Crippen molar-refractivity contribution in [3.05, 3.63) is 55.6 Å². The monoisotopic (exact) mass is 355 g/mol. The summed E-state index contributed by atoms with van der Waals surface area (Å²) in [6, 6.07) is 8.40. The molecule has 2 N–H and O–H groups in total. The lowest BCUT2D eigenvalue weighted by atomic mass is 10.1. The summed E-state index contributed by atoms with van der Waals surface area (Å²) in [7, 11) is 0. The Kier molecular flexibility index (Phi) is 4.35. The van der Waals surface area contributed by atoms with Crippen molar-refractivity contribution in [3.8, 4) is 0 Å². The van der Waals surface area contributed by atoms with Crippen LogP contribution in [0.5, 0.6) is 0 Å². The smallest absolute Gasteiger partial charge is 0.266 e. The molecule has 0 fully saturated rings. The first kappa shape index (κ1) is 13.1. The van der Waals surface area contributed by atoms with Crippen molar-refractivity contribution in [2.45, 2.75) is 13.3 Å². The topological polar surface area (TPSA) is 57.8 Å². The first-order chi connectivity index (χ1) is 8.66. The number of rotatable bonds is 4. The summed E-state index contributed by atoms with van der Waals surface area (Å²) < 4.78 is 0.597. The Morgan fingerprint density at radius 3 is 3.06 bits per heavy atom. The van der Waals surface area contributed by atoms with Gasteiger partial charge in [-0.3, -0.25) is 4.79 Å². The van der Waals surface area contributed by atoms with Gasteiger partial charge in [0.15, 0.2) is 0 Å². The average Bonchev–Trinajstić information content (AvgIpc) is 2.35. The molecule has 0 radical (unpaired) electrons. The van der Waals surface area contributed by atoms with Gasteiger partial charge in [0.05, 0.1) is 6.33 Å². The van der Waals surface area contributed by atoms with Crippen LogP contribution in [0.4, 0.5) is 5.82 Å². The third-order valence-electron chi connectivity index (χ3n) is 2.59. The predicted molar refractivity (Wildman–Crippen MR) is 80.9 cm³/mol. The summed E-state index contributed by atoms with van der Waals surface area (Å²) in [6.07, 6.45) is 2.33. The van der Waals surface area contributed by atoms with Crippen LogP contribution in [0, 0.1) is 10.5 Å². The zero-order valence-corrected chi connectivity index (χ0v) is 12.2. The van der Waals surface area contributed by atoms with Gasteiger partial charge < -0.3 is 10.3 Å². The van der Waals surface area contributed by atoms with Crippen LogP contribution >= 0.6 is 22.6 Å². The standard InChI is InChI=1S/C13H14IN3O/c1-9-3-2-4-10(7-9)5-6-15-12-11(14)13(18)17-8-16-12/h2-4,7-8H,5-6H2,1H3,(H2,15,16,17,18). The molecule has 0 unspecified atom stereocenters. The van der Waals surface area contributed by atoms with Crippen molar-refractivity contribution in [2.75, 3.05) is 11.9 Å². The maximum atomic E-state index is 11.4. The van der Waals surface area contributed by atoms with Crippen molar-refractivity contribution < 1.29 is 0 Å². The van der Waals surface area contributed by atoms with Crippen LogP contribution in [0.3, 0.4) is 0 Å². The molecule has 5 heteroatoms. The minimum absolute atomic E-state index is 0.108. The second-order valence-electron chi connectivity index (χ2n) is 4.06. The van der Waals surface area contributed by atoms with E-state index in [1.54, 1.807) is 0 Å². The Morgan fingerprint density at radius 1 is 1.44 bits per heavy atom. The Balaban J connectivity index is 1.97. The van der Waals surface area contributed by atoms with E-state index in [0.717, 1.165) is 13.0 Å². The highest BCUT2D eigenvalue weighted by Gasteiger charge is 2.03. The van der Waals surface area contributed by atoms with E-state index in [-0.39, 0.29) is 5.56 Å². The quantitative estimate of drug-likeness (QED) is 0.828. The van der Waals surface area contributed by atoms with Crippen LogP contribution in [0.2, 0.25) is 0 Å². The highest BCUT2D eigenvalue weighted by molar-refractivity contribution is 14.1. The van der Waals surface area contributed by atoms with E-state index < -0.39 is 0 Å². The maximum Gasteiger partial charge on any atom is 0.266 e. The fraction of sp³-hybridized carbons (Fsp3) is 0.231. The van der Waals surface area contributed by atoms with Crippen LogP contribution < -0.4 is 10.9 Å². The number of nitrogens with zero attached hydrogens (tertiary/aromatic N) is 1. The van der Waals surface area contributed by atoms with Gasteiger partial charge >= 0.3 is 0 Å². The summed E-state index contributed by atoms with van der Waals surface area (Å²) >= 11 is 2.00. The number of H-pyrrole nitrogens is 1. The van der Waals surface area contributed by atoms with Gasteiger partial charge in [-0.05, 0) is 41.5 Å². The highest BCUT2D eigenvalue weighted by Crippen LogP contribution is 2.09. The summed E-state index contributed by atoms with van der Waals surface area (Å²) in [6.45, 7) is 2.84. The van der Waals surface area contributed by atoms with E-state index in [1.807, 2.05) is 22.6 Å². The van der Waals surface area contributed by atoms with Gasteiger partial charge in [0, 0.05) is 6.54 Å². The lowest BCUT2D eigenvalue weighted by molar-refractivity contribution is 0.986. The van der Waals surface area contributed by atoms with Crippen molar-refractivity contribution in [1.29, 1.82) is 0 Å². The summed E-state index contributed by atoms with van der Waals surface area (Å²) in [5, 5.41) is 3.18. The van der Waals surface area contributed by atoms with Gasteiger partial charge in [-0.2, -0.15) is 0 Å². The fourth-order valence-corrected chi connectivity index (χ4v) is 2.18. The predicted octanol–water partition coefficient (Wildman–Crippen LogP) is 2.34. The Labute approximate surface area is 119 Å². The van der Waals surface area contributed by atoms with Crippen LogP contribution in [0.15, 0.2) is 35.4 Å². The minimum atomic E-state index is -0.108. The molecule has 0 aliphatic heterocycles. The summed E-state index contributed by atoms with van der Waals surface area (Å²) in [5.41, 5.74) is 2.43. The van der Waals surface area contributed by atoms with Gasteiger partial charge in [0.1, 0.15) is 9.39 Å². The summed E-state index contributed by atoms with van der Waals surface area (Å²) in [4.78, 5) is 18.0. The number of aromatic nitrogens is 2. The van der Waals surface area contributed by atoms with E-state index in [0.29, 0.717) is 9.39 Å². The van der Waals surface area contributed by atoms with Crippen LogP contribution in [-0.2, 0) is 6.42 Å². The minimum Gasteiger partial charge on any atom is -0.369 e. The second kappa shape index (κ2) is 5.99. The molecule has 4 nitrogen and oxygen atoms in total. The highest BCUT2D eigenvalue weighted by atomic mass is 127. The van der Waals surface area contributed by atoms with Crippen LogP contribution in [-0.4, -0.2) is 16.5 Å². The molecular formula is C13H14IN3O. The lowest BCUT2D eigenvalue weighted by Gasteiger charge is -2.07. The van der Waals surface area contributed by atoms with E-state index >= 15 is 0 Å². The van der Waals surface area contributed by atoms with Crippen molar-refractivity contribution in [2.24, 2.45) is 0 Å². The van der Waals surface area contributed by atoms with Crippen molar-refractivity contribution in [3.63, 3.8) is 0 Å². The molecule has 1 aromatic carbocycles. The van der Waals surface area contributed by atoms with Gasteiger partial charge in [-0.15, -0.1) is 0 Å². The van der Waals surface area contributed by atoms with E-state index in [1.165, 1.54) is 17.5 Å². The maximum absolute atomic E-state index is 11.4. The molecule has 0 saturated carbocycles. The van der Waals surface area contributed by atoms with Gasteiger partial charge in [0.25, 0.3) is 5.56 Å². The molecular weight excluding hydrogens is 341 g/mol. The van der Waals surface area contributed by atoms with Gasteiger partial charge in [0.2, 0.25) is 0 Å². The molecule has 0 saturated heterocycles. The third kappa shape index (κ3) is 3.32. The zero-order chi connectivity index (χ0) is 13.0. The average molecular weight is 355 g/mol.